The fourth-order valence-corrected chi connectivity index (χ4v) is 3.06. The zero-order valence-corrected chi connectivity index (χ0v) is 14.4. The van der Waals surface area contributed by atoms with Crippen molar-refractivity contribution in [2.45, 2.75) is 32.6 Å². The number of fused-ring (bicyclic) bond motifs is 1. The van der Waals surface area contributed by atoms with Crippen molar-refractivity contribution >= 4 is 17.6 Å². The Hall–Kier alpha value is -2.55. The summed E-state index contributed by atoms with van der Waals surface area (Å²) in [5, 5.41) is 0. The summed E-state index contributed by atoms with van der Waals surface area (Å²) in [7, 11) is 0. The molecule has 0 aromatic heterocycles. The quantitative estimate of drug-likeness (QED) is 0.852. The second kappa shape index (κ2) is 6.16. The molecule has 2 aromatic carbocycles. The van der Waals surface area contributed by atoms with Crippen LogP contribution in [0.1, 0.15) is 54.2 Å². The molecule has 2 N–H and O–H groups in total. The second-order valence-corrected chi connectivity index (χ2v) is 7.01. The molecule has 2 aromatic rings. The van der Waals surface area contributed by atoms with E-state index in [4.69, 9.17) is 10.5 Å². The third-order valence-corrected chi connectivity index (χ3v) is 4.73. The van der Waals surface area contributed by atoms with Gasteiger partial charge in [-0.05, 0) is 59.7 Å². The van der Waals surface area contributed by atoms with Gasteiger partial charge in [0.25, 0.3) is 0 Å². The molecule has 124 valence electrons. The van der Waals surface area contributed by atoms with Crippen molar-refractivity contribution in [1.29, 1.82) is 0 Å². The Morgan fingerprint density at radius 1 is 1.12 bits per heavy atom. The van der Waals surface area contributed by atoms with E-state index >= 15 is 0 Å². The first-order chi connectivity index (χ1) is 11.4. The number of nitrogens with two attached hydrogens (primary N) is 1. The van der Waals surface area contributed by atoms with Crippen molar-refractivity contribution < 1.29 is 9.53 Å². The average molecular weight is 321 g/mol. The first-order valence-electron chi connectivity index (χ1n) is 8.23. The molecule has 0 atom stereocenters. The Morgan fingerprint density at radius 2 is 1.79 bits per heavy atom. The van der Waals surface area contributed by atoms with E-state index in [1.807, 2.05) is 12.1 Å². The number of carbonyl (C=O) groups is 1. The molecule has 1 heterocycles. The van der Waals surface area contributed by atoms with Crippen LogP contribution in [0.15, 0.2) is 42.5 Å². The maximum Gasteiger partial charge on any atom is 0.248 e. The van der Waals surface area contributed by atoms with Gasteiger partial charge in [-0.15, -0.1) is 0 Å². The molecule has 3 rings (SSSR count). The number of rotatable bonds is 3. The maximum absolute atomic E-state index is 11.1. The van der Waals surface area contributed by atoms with E-state index in [0.717, 1.165) is 24.3 Å². The third-order valence-electron chi connectivity index (χ3n) is 4.73. The molecule has 1 amide bonds. The minimum Gasteiger partial charge on any atom is -0.493 e. The number of amides is 1. The largest absolute Gasteiger partial charge is 0.493 e. The summed E-state index contributed by atoms with van der Waals surface area (Å²) < 4.78 is 5.78. The van der Waals surface area contributed by atoms with Crippen LogP contribution in [0.3, 0.4) is 0 Å². The van der Waals surface area contributed by atoms with E-state index in [1.165, 1.54) is 16.7 Å². The van der Waals surface area contributed by atoms with E-state index in [9.17, 15) is 4.79 Å². The molecule has 0 fully saturated rings. The maximum atomic E-state index is 11.1. The van der Waals surface area contributed by atoms with E-state index in [0.29, 0.717) is 5.56 Å². The molecular formula is C21H23NO2. The molecule has 3 heteroatoms. The van der Waals surface area contributed by atoms with Crippen LogP contribution in [0.2, 0.25) is 0 Å². The van der Waals surface area contributed by atoms with E-state index in [2.05, 4.69) is 45.0 Å². The van der Waals surface area contributed by atoms with Gasteiger partial charge in [-0.25, -0.2) is 0 Å². The third kappa shape index (κ3) is 3.21. The molecule has 0 aliphatic carbocycles. The van der Waals surface area contributed by atoms with Crippen LogP contribution >= 0.6 is 0 Å². The molecule has 0 spiro atoms. The number of hydrogen-bond acceptors (Lipinski definition) is 2. The van der Waals surface area contributed by atoms with Crippen LogP contribution in [-0.4, -0.2) is 12.5 Å². The lowest BCUT2D eigenvalue weighted by atomic mass is 9.79. The average Bonchev–Trinajstić information content (AvgIpc) is 2.55. The minimum atomic E-state index is -0.404. The van der Waals surface area contributed by atoms with Crippen molar-refractivity contribution in [1.82, 2.24) is 0 Å². The number of benzene rings is 2. The number of allylic oxidation sites excluding steroid dienone is 1. The normalized spacial score (nSPS) is 16.2. The lowest BCUT2D eigenvalue weighted by molar-refractivity contribution is 0.100. The number of hydrogen-bond donors (Lipinski definition) is 1. The van der Waals surface area contributed by atoms with Crippen molar-refractivity contribution in [3.05, 3.63) is 64.7 Å². The van der Waals surface area contributed by atoms with Gasteiger partial charge in [-0.2, -0.15) is 0 Å². The van der Waals surface area contributed by atoms with Crippen molar-refractivity contribution in [3.8, 4) is 5.75 Å². The molecule has 0 unspecified atom stereocenters. The summed E-state index contributed by atoms with van der Waals surface area (Å²) in [5.41, 5.74) is 10.6. The lowest BCUT2D eigenvalue weighted by Gasteiger charge is -2.32. The molecule has 1 aliphatic rings. The summed E-state index contributed by atoms with van der Waals surface area (Å²) in [4.78, 5) is 11.1. The van der Waals surface area contributed by atoms with Gasteiger partial charge in [0.05, 0.1) is 6.61 Å². The zero-order chi connectivity index (χ0) is 17.3. The highest BCUT2D eigenvalue weighted by Gasteiger charge is 2.28. The predicted molar refractivity (Wildman–Crippen MR) is 98.1 cm³/mol. The summed E-state index contributed by atoms with van der Waals surface area (Å²) >= 11 is 0. The Labute approximate surface area is 143 Å². The number of ether oxygens (including phenoxy) is 1. The molecule has 24 heavy (non-hydrogen) atoms. The van der Waals surface area contributed by atoms with Gasteiger partial charge >= 0.3 is 0 Å². The molecule has 0 saturated carbocycles. The molecule has 0 bridgehead atoms. The predicted octanol–water partition coefficient (Wildman–Crippen LogP) is 4.41. The Kier molecular flexibility index (Phi) is 4.18. The highest BCUT2D eigenvalue weighted by atomic mass is 16.5. The summed E-state index contributed by atoms with van der Waals surface area (Å²) in [6.45, 7) is 7.40. The van der Waals surface area contributed by atoms with Crippen LogP contribution in [0, 0.1) is 0 Å². The Bertz CT molecular complexity index is 801. The van der Waals surface area contributed by atoms with E-state index < -0.39 is 5.91 Å². The number of primary amides is 1. The van der Waals surface area contributed by atoms with Gasteiger partial charge in [0, 0.05) is 11.1 Å². The second-order valence-electron chi connectivity index (χ2n) is 7.01. The van der Waals surface area contributed by atoms with Gasteiger partial charge in [-0.3, -0.25) is 4.79 Å². The smallest absolute Gasteiger partial charge is 0.248 e. The van der Waals surface area contributed by atoms with Crippen LogP contribution < -0.4 is 10.5 Å². The standard InChI is InChI=1S/C21H23NO2/c1-14(12-15-4-6-16(7-5-15)20(22)23)17-8-9-19-18(13-17)21(2,3)10-11-24-19/h4-9,12-13H,10-11H2,1-3H3,(H2,22,23)/b14-12+. The van der Waals surface area contributed by atoms with Crippen molar-refractivity contribution in [3.63, 3.8) is 0 Å². The van der Waals surface area contributed by atoms with Crippen LogP contribution in [0.25, 0.3) is 11.6 Å². The zero-order valence-electron chi connectivity index (χ0n) is 14.4. The van der Waals surface area contributed by atoms with Crippen LogP contribution in [0.5, 0.6) is 5.75 Å². The fourth-order valence-electron chi connectivity index (χ4n) is 3.06. The van der Waals surface area contributed by atoms with Gasteiger partial charge in [0.2, 0.25) is 5.91 Å². The molecule has 3 nitrogen and oxygen atoms in total. The Morgan fingerprint density at radius 3 is 2.46 bits per heavy atom. The summed E-state index contributed by atoms with van der Waals surface area (Å²) in [5.74, 6) is 0.591. The van der Waals surface area contributed by atoms with Gasteiger partial charge in [-0.1, -0.05) is 38.1 Å². The summed E-state index contributed by atoms with van der Waals surface area (Å²) in [6.07, 6.45) is 3.14. The first-order valence-corrected chi connectivity index (χ1v) is 8.23. The van der Waals surface area contributed by atoms with Gasteiger partial charge < -0.3 is 10.5 Å². The van der Waals surface area contributed by atoms with Crippen LogP contribution in [0.4, 0.5) is 0 Å². The molecule has 0 radical (unpaired) electrons. The summed E-state index contributed by atoms with van der Waals surface area (Å²) in [6, 6.07) is 13.7. The highest BCUT2D eigenvalue weighted by molar-refractivity contribution is 5.93. The van der Waals surface area contributed by atoms with Gasteiger partial charge in [0.1, 0.15) is 5.75 Å². The number of carbonyl (C=O) groups excluding carboxylic acids is 1. The highest BCUT2D eigenvalue weighted by Crippen LogP contribution is 2.39. The van der Waals surface area contributed by atoms with E-state index in [1.54, 1.807) is 12.1 Å². The topological polar surface area (TPSA) is 52.3 Å². The molecule has 0 saturated heterocycles. The monoisotopic (exact) mass is 321 g/mol. The van der Waals surface area contributed by atoms with Crippen molar-refractivity contribution in [2.75, 3.05) is 6.61 Å². The fraction of sp³-hybridized carbons (Fsp3) is 0.286. The SMILES string of the molecule is C/C(=C\c1ccc(C(N)=O)cc1)c1ccc2c(c1)C(C)(C)CCO2. The van der Waals surface area contributed by atoms with Crippen LogP contribution in [-0.2, 0) is 5.41 Å². The molecular weight excluding hydrogens is 298 g/mol. The minimum absolute atomic E-state index is 0.132. The van der Waals surface area contributed by atoms with Crippen molar-refractivity contribution in [2.24, 2.45) is 5.73 Å². The Balaban J connectivity index is 1.92. The first kappa shape index (κ1) is 16.3. The lowest BCUT2D eigenvalue weighted by Crippen LogP contribution is -2.26. The van der Waals surface area contributed by atoms with E-state index in [-0.39, 0.29) is 5.41 Å². The molecule has 1 aliphatic heterocycles. The van der Waals surface area contributed by atoms with Gasteiger partial charge in [0.15, 0.2) is 0 Å².